The molecule has 1 amide bonds. The lowest BCUT2D eigenvalue weighted by molar-refractivity contribution is 0.0938. The van der Waals surface area contributed by atoms with Gasteiger partial charge in [-0.15, -0.1) is 0 Å². The number of amides is 1. The Morgan fingerprint density at radius 1 is 1.56 bits per heavy atom. The topological polar surface area (TPSA) is 41.1 Å². The Morgan fingerprint density at radius 3 is 2.88 bits per heavy atom. The molecule has 0 spiro atoms. The second-order valence-electron chi connectivity index (χ2n) is 3.83. The lowest BCUT2D eigenvalue weighted by Crippen LogP contribution is -2.48. The van der Waals surface area contributed by atoms with E-state index in [2.05, 4.69) is 10.6 Å². The molecule has 2 rings (SSSR count). The van der Waals surface area contributed by atoms with Crippen molar-refractivity contribution in [2.75, 3.05) is 19.6 Å². The smallest absolute Gasteiger partial charge is 0.255 e. The van der Waals surface area contributed by atoms with E-state index < -0.39 is 11.7 Å². The maximum absolute atomic E-state index is 13.4. The summed E-state index contributed by atoms with van der Waals surface area (Å²) in [6.07, 6.45) is 0. The number of benzene rings is 1. The number of carbonyl (C=O) groups excluding carboxylic acids is 1. The summed E-state index contributed by atoms with van der Waals surface area (Å²) in [7, 11) is 0. The van der Waals surface area contributed by atoms with E-state index in [1.54, 1.807) is 0 Å². The molecule has 0 aliphatic carbocycles. The van der Waals surface area contributed by atoms with Crippen molar-refractivity contribution in [3.8, 4) is 0 Å². The number of nitrogens with one attached hydrogen (secondary N) is 2. The highest BCUT2D eigenvalue weighted by Gasteiger charge is 2.20. The highest BCUT2D eigenvalue weighted by Crippen LogP contribution is 2.18. The van der Waals surface area contributed by atoms with Crippen molar-refractivity contribution >= 4 is 17.5 Å². The molecule has 0 atom stereocenters. The van der Waals surface area contributed by atoms with Gasteiger partial charge in [-0.2, -0.15) is 0 Å². The van der Waals surface area contributed by atoms with Crippen molar-refractivity contribution < 1.29 is 9.18 Å². The van der Waals surface area contributed by atoms with Crippen molar-refractivity contribution in [3.05, 3.63) is 34.6 Å². The fraction of sp³-hybridized carbons (Fsp3) is 0.364. The third-order valence-electron chi connectivity index (χ3n) is 2.61. The largest absolute Gasteiger partial charge is 0.352 e. The van der Waals surface area contributed by atoms with Crippen LogP contribution in [0.4, 0.5) is 4.39 Å². The molecule has 16 heavy (non-hydrogen) atoms. The highest BCUT2D eigenvalue weighted by atomic mass is 35.5. The quantitative estimate of drug-likeness (QED) is 0.842. The molecule has 1 aliphatic heterocycles. The zero-order chi connectivity index (χ0) is 11.5. The Morgan fingerprint density at radius 2 is 2.31 bits per heavy atom. The molecule has 0 bridgehead atoms. The van der Waals surface area contributed by atoms with Gasteiger partial charge in [0.05, 0.1) is 10.6 Å². The molecular formula is C11H12ClFN2O. The Labute approximate surface area is 98.0 Å². The van der Waals surface area contributed by atoms with Gasteiger partial charge in [0.15, 0.2) is 0 Å². The SMILES string of the molecule is O=C(NCC1CNC1)c1c(F)cccc1Cl. The molecule has 1 aromatic carbocycles. The van der Waals surface area contributed by atoms with Crippen LogP contribution in [0.3, 0.4) is 0 Å². The monoisotopic (exact) mass is 242 g/mol. The fourth-order valence-corrected chi connectivity index (χ4v) is 1.78. The Bertz CT molecular complexity index is 387. The minimum absolute atomic E-state index is 0.0727. The van der Waals surface area contributed by atoms with Crippen LogP contribution in [0, 0.1) is 11.7 Å². The van der Waals surface area contributed by atoms with Gasteiger partial charge in [0, 0.05) is 25.6 Å². The first-order chi connectivity index (χ1) is 7.68. The average molecular weight is 243 g/mol. The molecule has 5 heteroatoms. The molecule has 2 N–H and O–H groups in total. The second kappa shape index (κ2) is 4.80. The molecule has 1 saturated heterocycles. The first-order valence-electron chi connectivity index (χ1n) is 5.11. The Balaban J connectivity index is 2.02. The van der Waals surface area contributed by atoms with E-state index in [-0.39, 0.29) is 10.6 Å². The zero-order valence-electron chi connectivity index (χ0n) is 8.59. The van der Waals surface area contributed by atoms with Gasteiger partial charge in [-0.1, -0.05) is 17.7 Å². The minimum Gasteiger partial charge on any atom is -0.352 e. The summed E-state index contributed by atoms with van der Waals surface area (Å²) in [5.74, 6) is -0.596. The van der Waals surface area contributed by atoms with E-state index in [4.69, 9.17) is 11.6 Å². The van der Waals surface area contributed by atoms with Crippen LogP contribution in [-0.4, -0.2) is 25.5 Å². The third kappa shape index (κ3) is 2.33. The number of carbonyl (C=O) groups is 1. The molecule has 86 valence electrons. The van der Waals surface area contributed by atoms with Crippen molar-refractivity contribution in [3.63, 3.8) is 0 Å². The maximum Gasteiger partial charge on any atom is 0.255 e. The van der Waals surface area contributed by atoms with E-state index in [0.29, 0.717) is 12.5 Å². The molecule has 1 fully saturated rings. The summed E-state index contributed by atoms with van der Waals surface area (Å²) >= 11 is 5.77. The van der Waals surface area contributed by atoms with Crippen LogP contribution >= 0.6 is 11.6 Å². The van der Waals surface area contributed by atoms with Gasteiger partial charge in [0.25, 0.3) is 5.91 Å². The van der Waals surface area contributed by atoms with Crippen LogP contribution in [0.25, 0.3) is 0 Å². The van der Waals surface area contributed by atoms with Crippen LogP contribution in [0.5, 0.6) is 0 Å². The number of halogens is 2. The van der Waals surface area contributed by atoms with Crippen LogP contribution in [0.15, 0.2) is 18.2 Å². The van der Waals surface area contributed by atoms with Gasteiger partial charge in [-0.05, 0) is 12.1 Å². The molecule has 3 nitrogen and oxygen atoms in total. The zero-order valence-corrected chi connectivity index (χ0v) is 9.35. The van der Waals surface area contributed by atoms with Crippen molar-refractivity contribution in [2.24, 2.45) is 5.92 Å². The molecule has 1 aromatic rings. The van der Waals surface area contributed by atoms with Crippen molar-refractivity contribution in [1.82, 2.24) is 10.6 Å². The first kappa shape index (κ1) is 11.4. The van der Waals surface area contributed by atoms with E-state index in [1.165, 1.54) is 18.2 Å². The van der Waals surface area contributed by atoms with E-state index in [9.17, 15) is 9.18 Å². The average Bonchev–Trinajstić information content (AvgIpc) is 2.15. The lowest BCUT2D eigenvalue weighted by atomic mass is 10.0. The van der Waals surface area contributed by atoms with Crippen LogP contribution in [-0.2, 0) is 0 Å². The van der Waals surface area contributed by atoms with E-state index >= 15 is 0 Å². The minimum atomic E-state index is -0.586. The molecule has 0 saturated carbocycles. The molecule has 1 heterocycles. The number of rotatable bonds is 3. The molecular weight excluding hydrogens is 231 g/mol. The van der Waals surface area contributed by atoms with Gasteiger partial charge >= 0.3 is 0 Å². The molecule has 0 radical (unpaired) electrons. The van der Waals surface area contributed by atoms with Gasteiger partial charge in [-0.25, -0.2) is 4.39 Å². The standard InChI is InChI=1S/C11H12ClFN2O/c12-8-2-1-3-9(13)10(8)11(16)15-6-7-4-14-5-7/h1-3,7,14H,4-6H2,(H,15,16). The first-order valence-corrected chi connectivity index (χ1v) is 5.49. The summed E-state index contributed by atoms with van der Waals surface area (Å²) < 4.78 is 13.4. The summed E-state index contributed by atoms with van der Waals surface area (Å²) in [6.45, 7) is 2.34. The van der Waals surface area contributed by atoms with E-state index in [1.807, 2.05) is 0 Å². The van der Waals surface area contributed by atoms with Crippen molar-refractivity contribution in [2.45, 2.75) is 0 Å². The fourth-order valence-electron chi connectivity index (χ4n) is 1.53. The van der Waals surface area contributed by atoms with Gasteiger partial charge in [0.2, 0.25) is 0 Å². The predicted octanol–water partition coefficient (Wildman–Crippen LogP) is 1.43. The third-order valence-corrected chi connectivity index (χ3v) is 2.92. The van der Waals surface area contributed by atoms with Crippen LogP contribution in [0.1, 0.15) is 10.4 Å². The summed E-state index contributed by atoms with van der Waals surface area (Å²) in [5, 5.41) is 5.92. The summed E-state index contributed by atoms with van der Waals surface area (Å²) in [4.78, 5) is 11.7. The Hall–Kier alpha value is -1.13. The van der Waals surface area contributed by atoms with Gasteiger partial charge in [0.1, 0.15) is 5.82 Å². The number of hydrogen-bond acceptors (Lipinski definition) is 2. The lowest BCUT2D eigenvalue weighted by Gasteiger charge is -2.27. The van der Waals surface area contributed by atoms with Crippen LogP contribution < -0.4 is 10.6 Å². The molecule has 1 aliphatic rings. The predicted molar refractivity (Wildman–Crippen MR) is 60.1 cm³/mol. The normalized spacial score (nSPS) is 15.6. The summed E-state index contributed by atoms with van der Waals surface area (Å²) in [6, 6.07) is 4.21. The number of hydrogen-bond donors (Lipinski definition) is 2. The second-order valence-corrected chi connectivity index (χ2v) is 4.24. The van der Waals surface area contributed by atoms with Crippen molar-refractivity contribution in [1.29, 1.82) is 0 Å². The molecule has 0 unspecified atom stereocenters. The van der Waals surface area contributed by atoms with Crippen LogP contribution in [0.2, 0.25) is 5.02 Å². The molecule has 0 aromatic heterocycles. The summed E-state index contributed by atoms with van der Waals surface area (Å²) in [5.41, 5.74) is -0.0727. The van der Waals surface area contributed by atoms with Gasteiger partial charge in [-0.3, -0.25) is 4.79 Å². The maximum atomic E-state index is 13.4. The van der Waals surface area contributed by atoms with Gasteiger partial charge < -0.3 is 10.6 Å². The van der Waals surface area contributed by atoms with E-state index in [0.717, 1.165) is 13.1 Å². The Kier molecular flexibility index (Phi) is 3.41. The highest BCUT2D eigenvalue weighted by molar-refractivity contribution is 6.33.